The van der Waals surface area contributed by atoms with E-state index in [9.17, 15) is 4.79 Å². The normalized spacial score (nSPS) is 20.9. The average Bonchev–Trinajstić information content (AvgIpc) is 3.26. The van der Waals surface area contributed by atoms with Gasteiger partial charge in [0, 0.05) is 22.1 Å². The van der Waals surface area contributed by atoms with Gasteiger partial charge in [-0.25, -0.2) is 0 Å². The van der Waals surface area contributed by atoms with Crippen molar-refractivity contribution in [3.63, 3.8) is 0 Å². The van der Waals surface area contributed by atoms with Gasteiger partial charge < -0.3 is 9.80 Å². The molecule has 20 heavy (non-hydrogen) atoms. The van der Waals surface area contributed by atoms with E-state index < -0.39 is 0 Å². The van der Waals surface area contributed by atoms with Crippen LogP contribution in [0, 0.1) is 0 Å². The number of halogens is 1. The molecule has 0 bridgehead atoms. The minimum absolute atomic E-state index is 0.211. The summed E-state index contributed by atoms with van der Waals surface area (Å²) in [6.45, 7) is 2.19. The van der Waals surface area contributed by atoms with E-state index in [1.54, 1.807) is 0 Å². The summed E-state index contributed by atoms with van der Waals surface area (Å²) in [5.74, 6) is 0.211. The van der Waals surface area contributed by atoms with E-state index in [0.717, 1.165) is 36.0 Å². The summed E-state index contributed by atoms with van der Waals surface area (Å²) in [6, 6.07) is 8.68. The largest absolute Gasteiger partial charge is 0.333 e. The first-order valence-corrected chi connectivity index (χ1v) is 8.21. The van der Waals surface area contributed by atoms with E-state index in [0.29, 0.717) is 12.1 Å². The third-order valence-electron chi connectivity index (χ3n) is 4.33. The first kappa shape index (κ1) is 14.1. The SMILES string of the molecule is CN1CCC(N(C(=O)c2cccc(Br)c2)C2CC2)CC1. The molecule has 1 aliphatic carbocycles. The Labute approximate surface area is 129 Å². The molecule has 1 aliphatic heterocycles. The maximum atomic E-state index is 12.9. The average molecular weight is 337 g/mol. The number of piperidine rings is 1. The predicted octanol–water partition coefficient (Wildman–Crippen LogP) is 3.15. The first-order valence-electron chi connectivity index (χ1n) is 7.42. The van der Waals surface area contributed by atoms with Gasteiger partial charge in [0.05, 0.1) is 0 Å². The van der Waals surface area contributed by atoms with E-state index in [1.807, 2.05) is 24.3 Å². The van der Waals surface area contributed by atoms with Crippen molar-refractivity contribution in [1.29, 1.82) is 0 Å². The number of hydrogen-bond acceptors (Lipinski definition) is 2. The zero-order chi connectivity index (χ0) is 14.1. The second-order valence-corrected chi connectivity index (χ2v) is 6.90. The third kappa shape index (κ3) is 3.07. The lowest BCUT2D eigenvalue weighted by molar-refractivity contribution is 0.0569. The summed E-state index contributed by atoms with van der Waals surface area (Å²) < 4.78 is 0.975. The minimum atomic E-state index is 0.211. The van der Waals surface area contributed by atoms with E-state index in [1.165, 1.54) is 12.8 Å². The summed E-state index contributed by atoms with van der Waals surface area (Å²) in [6.07, 6.45) is 4.55. The number of nitrogens with zero attached hydrogens (tertiary/aromatic N) is 2. The smallest absolute Gasteiger partial charge is 0.254 e. The number of carbonyl (C=O) groups is 1. The zero-order valence-corrected chi connectivity index (χ0v) is 13.5. The van der Waals surface area contributed by atoms with E-state index in [4.69, 9.17) is 0 Å². The molecule has 1 saturated heterocycles. The fourth-order valence-electron chi connectivity index (χ4n) is 3.03. The van der Waals surface area contributed by atoms with Crippen LogP contribution in [0.2, 0.25) is 0 Å². The lowest BCUT2D eigenvalue weighted by atomic mass is 10.0. The van der Waals surface area contributed by atoms with E-state index in [-0.39, 0.29) is 5.91 Å². The molecule has 0 atom stereocenters. The van der Waals surface area contributed by atoms with Gasteiger partial charge in [-0.3, -0.25) is 4.79 Å². The molecule has 1 heterocycles. The van der Waals surface area contributed by atoms with Gasteiger partial charge in [-0.15, -0.1) is 0 Å². The van der Waals surface area contributed by atoms with Crippen molar-refractivity contribution in [1.82, 2.24) is 9.80 Å². The van der Waals surface area contributed by atoms with Crippen LogP contribution >= 0.6 is 15.9 Å². The van der Waals surface area contributed by atoms with Crippen LogP contribution in [0.25, 0.3) is 0 Å². The molecule has 1 aromatic rings. The lowest BCUT2D eigenvalue weighted by Gasteiger charge is -2.37. The highest BCUT2D eigenvalue weighted by atomic mass is 79.9. The Balaban J connectivity index is 1.78. The number of carbonyl (C=O) groups excluding carboxylic acids is 1. The molecular formula is C16H21BrN2O. The molecule has 2 fully saturated rings. The van der Waals surface area contributed by atoms with E-state index >= 15 is 0 Å². The van der Waals surface area contributed by atoms with E-state index in [2.05, 4.69) is 32.8 Å². The van der Waals surface area contributed by atoms with Gasteiger partial charge in [0.1, 0.15) is 0 Å². The molecule has 0 radical (unpaired) electrons. The van der Waals surface area contributed by atoms with Crippen LogP contribution in [-0.4, -0.2) is 47.9 Å². The Morgan fingerprint density at radius 1 is 1.20 bits per heavy atom. The highest BCUT2D eigenvalue weighted by Crippen LogP contribution is 2.33. The molecule has 1 saturated carbocycles. The second kappa shape index (κ2) is 5.86. The summed E-state index contributed by atoms with van der Waals surface area (Å²) in [4.78, 5) is 17.4. The molecule has 3 rings (SSSR count). The molecule has 0 N–H and O–H groups in total. The molecular weight excluding hydrogens is 316 g/mol. The van der Waals surface area contributed by atoms with Gasteiger partial charge in [0.15, 0.2) is 0 Å². The fourth-order valence-corrected chi connectivity index (χ4v) is 3.43. The molecule has 1 amide bonds. The van der Waals surface area contributed by atoms with Gasteiger partial charge in [-0.2, -0.15) is 0 Å². The van der Waals surface area contributed by atoms with Crippen molar-refractivity contribution in [2.24, 2.45) is 0 Å². The van der Waals surface area contributed by atoms with Crippen LogP contribution in [0.4, 0.5) is 0 Å². The molecule has 2 aliphatic rings. The minimum Gasteiger partial charge on any atom is -0.333 e. The predicted molar refractivity (Wildman–Crippen MR) is 83.9 cm³/mol. The number of likely N-dealkylation sites (tertiary alicyclic amines) is 1. The van der Waals surface area contributed by atoms with Gasteiger partial charge in [-0.1, -0.05) is 22.0 Å². The van der Waals surface area contributed by atoms with Crippen molar-refractivity contribution in [2.75, 3.05) is 20.1 Å². The van der Waals surface area contributed by atoms with Crippen LogP contribution in [-0.2, 0) is 0 Å². The number of amides is 1. The van der Waals surface area contributed by atoms with Crippen molar-refractivity contribution in [2.45, 2.75) is 37.8 Å². The Morgan fingerprint density at radius 3 is 2.45 bits per heavy atom. The standard InChI is InChI=1S/C16H21BrN2O/c1-18-9-7-15(8-10-18)19(14-5-6-14)16(20)12-3-2-4-13(17)11-12/h2-4,11,14-15H,5-10H2,1H3. The van der Waals surface area contributed by atoms with Crippen molar-refractivity contribution < 1.29 is 4.79 Å². The molecule has 3 nitrogen and oxygen atoms in total. The molecule has 0 spiro atoms. The molecule has 0 unspecified atom stereocenters. The summed E-state index contributed by atoms with van der Waals surface area (Å²) in [5, 5.41) is 0. The van der Waals surface area contributed by atoms with Crippen LogP contribution in [0.5, 0.6) is 0 Å². The summed E-state index contributed by atoms with van der Waals surface area (Å²) >= 11 is 3.46. The molecule has 108 valence electrons. The monoisotopic (exact) mass is 336 g/mol. The molecule has 0 aromatic heterocycles. The Kier molecular flexibility index (Phi) is 4.13. The van der Waals surface area contributed by atoms with Crippen molar-refractivity contribution in [3.05, 3.63) is 34.3 Å². The number of rotatable bonds is 3. The second-order valence-electron chi connectivity index (χ2n) is 5.99. The molecule has 4 heteroatoms. The maximum absolute atomic E-state index is 12.9. The first-order chi connectivity index (χ1) is 9.65. The van der Waals surface area contributed by atoms with Gasteiger partial charge in [-0.05, 0) is 64.0 Å². The Morgan fingerprint density at radius 2 is 1.85 bits per heavy atom. The third-order valence-corrected chi connectivity index (χ3v) is 4.82. The van der Waals surface area contributed by atoms with Crippen molar-refractivity contribution >= 4 is 21.8 Å². The Bertz CT molecular complexity index is 493. The maximum Gasteiger partial charge on any atom is 0.254 e. The van der Waals surface area contributed by atoms with Crippen LogP contribution in [0.15, 0.2) is 28.7 Å². The van der Waals surface area contributed by atoms with Crippen LogP contribution in [0.1, 0.15) is 36.0 Å². The van der Waals surface area contributed by atoms with Crippen LogP contribution in [0.3, 0.4) is 0 Å². The quantitative estimate of drug-likeness (QED) is 0.846. The highest BCUT2D eigenvalue weighted by Gasteiger charge is 2.38. The van der Waals surface area contributed by atoms with Gasteiger partial charge in [0.25, 0.3) is 5.91 Å². The topological polar surface area (TPSA) is 23.6 Å². The molecule has 1 aromatic carbocycles. The Hall–Kier alpha value is -0.870. The van der Waals surface area contributed by atoms with Crippen molar-refractivity contribution in [3.8, 4) is 0 Å². The summed E-state index contributed by atoms with van der Waals surface area (Å²) in [7, 11) is 2.16. The summed E-state index contributed by atoms with van der Waals surface area (Å²) in [5.41, 5.74) is 0.810. The number of benzene rings is 1. The fraction of sp³-hybridized carbons (Fsp3) is 0.562. The highest BCUT2D eigenvalue weighted by molar-refractivity contribution is 9.10. The van der Waals surface area contributed by atoms with Gasteiger partial charge >= 0.3 is 0 Å². The van der Waals surface area contributed by atoms with Gasteiger partial charge in [0.2, 0.25) is 0 Å². The lowest BCUT2D eigenvalue weighted by Crippen LogP contribution is -2.47. The van der Waals surface area contributed by atoms with Crippen LogP contribution < -0.4 is 0 Å². The number of hydrogen-bond donors (Lipinski definition) is 0. The zero-order valence-electron chi connectivity index (χ0n) is 11.9.